The molecule has 1 amide bonds. The summed E-state index contributed by atoms with van der Waals surface area (Å²) in [6, 6.07) is 0.936. The molecule has 2 bridgehead atoms. The second-order valence-corrected chi connectivity index (χ2v) is 6.75. The smallest absolute Gasteiger partial charge is 0.224 e. The number of fused-ring (bicyclic) bond motifs is 2. The van der Waals surface area contributed by atoms with Gasteiger partial charge < -0.3 is 10.6 Å². The molecule has 2 aliphatic rings. The Bertz CT molecular complexity index is 308. The molecule has 5 atom stereocenters. The molecule has 92 valence electrons. The van der Waals surface area contributed by atoms with Crippen molar-refractivity contribution in [3.63, 3.8) is 0 Å². The fourth-order valence-electron chi connectivity index (χ4n) is 2.61. The first kappa shape index (κ1) is 12.0. The van der Waals surface area contributed by atoms with Crippen LogP contribution in [0.5, 0.6) is 0 Å². The van der Waals surface area contributed by atoms with Gasteiger partial charge in [0.25, 0.3) is 0 Å². The van der Waals surface area contributed by atoms with Crippen LogP contribution in [-0.2, 0) is 15.6 Å². The standard InChI is InChI=1S/C11H20N2O2S/c1-7(16(2)15)6-12-11(14)9-5-8-3-4-10(9)13-8/h7-10,13H,3-6H2,1-2H3,(H,12,14). The van der Waals surface area contributed by atoms with E-state index in [0.717, 1.165) is 12.8 Å². The van der Waals surface area contributed by atoms with Crippen molar-refractivity contribution in [2.75, 3.05) is 12.8 Å². The molecule has 0 aromatic heterocycles. The first-order chi connectivity index (χ1) is 7.58. The van der Waals surface area contributed by atoms with E-state index in [1.807, 2.05) is 6.92 Å². The van der Waals surface area contributed by atoms with Crippen molar-refractivity contribution in [3.8, 4) is 0 Å². The van der Waals surface area contributed by atoms with Gasteiger partial charge in [0.15, 0.2) is 0 Å². The van der Waals surface area contributed by atoms with Crippen LogP contribution >= 0.6 is 0 Å². The van der Waals surface area contributed by atoms with Crippen LogP contribution in [0.25, 0.3) is 0 Å². The molecule has 2 N–H and O–H groups in total. The van der Waals surface area contributed by atoms with Crippen LogP contribution in [0.1, 0.15) is 26.2 Å². The molecule has 0 aromatic carbocycles. The first-order valence-corrected chi connectivity index (χ1v) is 7.56. The Hall–Kier alpha value is -0.420. The molecule has 0 saturated carbocycles. The van der Waals surface area contributed by atoms with Gasteiger partial charge in [0.1, 0.15) is 0 Å². The second-order valence-electron chi connectivity index (χ2n) is 4.94. The third-order valence-corrected chi connectivity index (χ3v) is 5.07. The number of carbonyl (C=O) groups is 1. The summed E-state index contributed by atoms with van der Waals surface area (Å²) in [6.07, 6.45) is 4.98. The molecule has 16 heavy (non-hydrogen) atoms. The van der Waals surface area contributed by atoms with Crippen molar-refractivity contribution in [3.05, 3.63) is 0 Å². The van der Waals surface area contributed by atoms with Gasteiger partial charge in [-0.1, -0.05) is 0 Å². The van der Waals surface area contributed by atoms with E-state index in [0.29, 0.717) is 18.6 Å². The Morgan fingerprint density at radius 1 is 1.56 bits per heavy atom. The molecule has 0 aliphatic carbocycles. The molecule has 2 rings (SSSR count). The van der Waals surface area contributed by atoms with Crippen LogP contribution in [0.3, 0.4) is 0 Å². The number of amides is 1. The molecular formula is C11H20N2O2S. The molecule has 0 radical (unpaired) electrons. The Labute approximate surface area is 99.0 Å². The van der Waals surface area contributed by atoms with Gasteiger partial charge in [0, 0.05) is 40.9 Å². The lowest BCUT2D eigenvalue weighted by Gasteiger charge is -2.20. The van der Waals surface area contributed by atoms with Crippen LogP contribution in [0.2, 0.25) is 0 Å². The van der Waals surface area contributed by atoms with Gasteiger partial charge >= 0.3 is 0 Å². The highest BCUT2D eigenvalue weighted by Crippen LogP contribution is 2.33. The average Bonchev–Trinajstić information content (AvgIpc) is 2.86. The van der Waals surface area contributed by atoms with Gasteiger partial charge in [0.05, 0.1) is 5.92 Å². The van der Waals surface area contributed by atoms with Crippen molar-refractivity contribution >= 4 is 16.7 Å². The third-order valence-electron chi connectivity index (χ3n) is 3.77. The zero-order valence-corrected chi connectivity index (χ0v) is 10.7. The lowest BCUT2D eigenvalue weighted by molar-refractivity contribution is -0.125. The van der Waals surface area contributed by atoms with Crippen LogP contribution in [0.4, 0.5) is 0 Å². The number of hydrogen-bond donors (Lipinski definition) is 2. The van der Waals surface area contributed by atoms with Gasteiger partial charge in [-0.2, -0.15) is 0 Å². The Kier molecular flexibility index (Phi) is 3.64. The zero-order chi connectivity index (χ0) is 11.7. The maximum atomic E-state index is 11.9. The minimum atomic E-state index is -0.860. The molecule has 2 saturated heterocycles. The normalized spacial score (nSPS) is 36.0. The predicted molar refractivity (Wildman–Crippen MR) is 64.6 cm³/mol. The number of carbonyl (C=O) groups excluding carboxylic acids is 1. The van der Waals surface area contributed by atoms with E-state index < -0.39 is 10.8 Å². The van der Waals surface area contributed by atoms with Gasteiger partial charge in [-0.15, -0.1) is 0 Å². The molecule has 2 fully saturated rings. The summed E-state index contributed by atoms with van der Waals surface area (Å²) in [6.45, 7) is 2.42. The van der Waals surface area contributed by atoms with Gasteiger partial charge in [-0.3, -0.25) is 9.00 Å². The molecule has 4 nitrogen and oxygen atoms in total. The summed E-state index contributed by atoms with van der Waals surface area (Å²) in [7, 11) is -0.860. The highest BCUT2D eigenvalue weighted by molar-refractivity contribution is 7.84. The van der Waals surface area contributed by atoms with Crippen molar-refractivity contribution in [2.45, 2.75) is 43.5 Å². The maximum absolute atomic E-state index is 11.9. The number of rotatable bonds is 4. The fraction of sp³-hybridized carbons (Fsp3) is 0.909. The Morgan fingerprint density at radius 2 is 2.31 bits per heavy atom. The van der Waals surface area contributed by atoms with Gasteiger partial charge in [-0.05, 0) is 26.2 Å². The predicted octanol–water partition coefficient (Wildman–Crippen LogP) is 0.0101. The van der Waals surface area contributed by atoms with Crippen molar-refractivity contribution in [2.24, 2.45) is 5.92 Å². The number of nitrogens with one attached hydrogen (secondary N) is 2. The zero-order valence-electron chi connectivity index (χ0n) is 9.86. The largest absolute Gasteiger partial charge is 0.355 e. The maximum Gasteiger partial charge on any atom is 0.224 e. The van der Waals surface area contributed by atoms with E-state index in [1.54, 1.807) is 6.26 Å². The second kappa shape index (κ2) is 4.84. The van der Waals surface area contributed by atoms with E-state index >= 15 is 0 Å². The topological polar surface area (TPSA) is 58.2 Å². The lowest BCUT2D eigenvalue weighted by atomic mass is 9.88. The van der Waals surface area contributed by atoms with Crippen LogP contribution in [0, 0.1) is 5.92 Å². The number of hydrogen-bond acceptors (Lipinski definition) is 3. The molecule has 5 unspecified atom stereocenters. The minimum absolute atomic E-state index is 0.0375. The molecule has 0 aromatic rings. The molecule has 0 spiro atoms. The Morgan fingerprint density at radius 3 is 2.81 bits per heavy atom. The van der Waals surface area contributed by atoms with Gasteiger partial charge in [0.2, 0.25) is 5.91 Å². The van der Waals surface area contributed by atoms with E-state index in [4.69, 9.17) is 0 Å². The summed E-state index contributed by atoms with van der Waals surface area (Å²) in [5.41, 5.74) is 0. The summed E-state index contributed by atoms with van der Waals surface area (Å²) in [5.74, 6) is 0.272. The fourth-order valence-corrected chi connectivity index (χ4v) is 2.92. The average molecular weight is 244 g/mol. The van der Waals surface area contributed by atoms with E-state index in [2.05, 4.69) is 10.6 Å². The van der Waals surface area contributed by atoms with Crippen molar-refractivity contribution < 1.29 is 9.00 Å². The lowest BCUT2D eigenvalue weighted by Crippen LogP contribution is -2.40. The van der Waals surface area contributed by atoms with Crippen LogP contribution in [0.15, 0.2) is 0 Å². The molecule has 2 heterocycles. The monoisotopic (exact) mass is 244 g/mol. The highest BCUT2D eigenvalue weighted by atomic mass is 32.2. The Balaban J connectivity index is 1.78. The molecule has 5 heteroatoms. The van der Waals surface area contributed by atoms with Crippen LogP contribution < -0.4 is 10.6 Å². The molecule has 2 aliphatic heterocycles. The quantitative estimate of drug-likeness (QED) is 0.732. The van der Waals surface area contributed by atoms with Gasteiger partial charge in [-0.25, -0.2) is 0 Å². The first-order valence-electron chi connectivity index (χ1n) is 5.94. The minimum Gasteiger partial charge on any atom is -0.355 e. The van der Waals surface area contributed by atoms with E-state index in [9.17, 15) is 9.00 Å². The van der Waals surface area contributed by atoms with Crippen molar-refractivity contribution in [1.82, 2.24) is 10.6 Å². The summed E-state index contributed by atoms with van der Waals surface area (Å²) >= 11 is 0. The van der Waals surface area contributed by atoms with E-state index in [-0.39, 0.29) is 17.1 Å². The highest BCUT2D eigenvalue weighted by Gasteiger charge is 2.42. The summed E-state index contributed by atoms with van der Waals surface area (Å²) < 4.78 is 11.2. The summed E-state index contributed by atoms with van der Waals surface area (Å²) in [5, 5.41) is 6.40. The van der Waals surface area contributed by atoms with Crippen molar-refractivity contribution in [1.29, 1.82) is 0 Å². The summed E-state index contributed by atoms with van der Waals surface area (Å²) in [4.78, 5) is 11.9. The van der Waals surface area contributed by atoms with Crippen LogP contribution in [-0.4, -0.2) is 40.3 Å². The SMILES string of the molecule is CC(CNC(=O)C1CC2CCC1N2)S(C)=O. The molecular weight excluding hydrogens is 224 g/mol. The van der Waals surface area contributed by atoms with E-state index in [1.165, 1.54) is 6.42 Å². The third kappa shape index (κ3) is 2.46.